The summed E-state index contributed by atoms with van der Waals surface area (Å²) in [6.07, 6.45) is 3.85. The third-order valence-electron chi connectivity index (χ3n) is 9.69. The van der Waals surface area contributed by atoms with Gasteiger partial charge in [0.25, 0.3) is 0 Å². The number of rotatable bonds is 0. The lowest BCUT2D eigenvalue weighted by Gasteiger charge is -2.20. The standard InChI is InChI=1S/C34H42N4/c1-16-17(2)30-25(10)34-21(6)19(4)32(38(34)14)23(8)28-15-27(26(11)36(28)12)22(7)31-18(3)20(5)33(37(31)13)24(9)29(16)35-30/h1-14H3/b28-23+,30-25-,31-22-,33-24-. The van der Waals surface area contributed by atoms with Crippen LogP contribution in [0.5, 0.6) is 0 Å². The Morgan fingerprint density at radius 2 is 1.05 bits per heavy atom. The number of aliphatic imine (C=N–C) groups is 1. The number of aromatic nitrogens is 2. The van der Waals surface area contributed by atoms with E-state index >= 15 is 0 Å². The van der Waals surface area contributed by atoms with Crippen molar-refractivity contribution in [2.24, 2.45) is 19.1 Å². The van der Waals surface area contributed by atoms with Crippen molar-refractivity contribution in [3.63, 3.8) is 0 Å². The van der Waals surface area contributed by atoms with Gasteiger partial charge >= 0.3 is 0 Å². The van der Waals surface area contributed by atoms with Gasteiger partial charge in [0.15, 0.2) is 0 Å². The van der Waals surface area contributed by atoms with E-state index in [9.17, 15) is 0 Å². The number of allylic oxidation sites excluding steroid dienone is 6. The summed E-state index contributed by atoms with van der Waals surface area (Å²) in [7, 11) is 6.58. The summed E-state index contributed by atoms with van der Waals surface area (Å²) in [5.74, 6) is 0. The second-order valence-electron chi connectivity index (χ2n) is 11.6. The van der Waals surface area contributed by atoms with Crippen LogP contribution in [0.3, 0.4) is 0 Å². The Hall–Kier alpha value is -3.27. The SMILES string of the molecule is CC1=C(C)/C2=C(\C)c3c(C)c(C)c(n3C)/C(C)=C3\[C]C(=C(C)N3C)/C(C)=c3/c(C)c(C)/c(n3C)=C(\C)C1=N2. The van der Waals surface area contributed by atoms with Crippen molar-refractivity contribution in [2.75, 3.05) is 7.05 Å². The number of fused-ring (bicyclic) bond motifs is 7. The van der Waals surface area contributed by atoms with Crippen LogP contribution in [0.15, 0.2) is 38.8 Å². The number of nitrogens with zero attached hydrogens (tertiary/aromatic N) is 4. The molecule has 0 aliphatic carbocycles. The zero-order chi connectivity index (χ0) is 28.1. The van der Waals surface area contributed by atoms with Gasteiger partial charge in [-0.15, -0.1) is 0 Å². The predicted octanol–water partition coefficient (Wildman–Crippen LogP) is 6.21. The van der Waals surface area contributed by atoms with E-state index in [0.29, 0.717) is 0 Å². The summed E-state index contributed by atoms with van der Waals surface area (Å²) in [6, 6.07) is 0. The third-order valence-corrected chi connectivity index (χ3v) is 9.69. The van der Waals surface area contributed by atoms with E-state index in [2.05, 4.69) is 118 Å². The smallest absolute Gasteiger partial charge is 0.0719 e. The second-order valence-corrected chi connectivity index (χ2v) is 11.6. The fourth-order valence-electron chi connectivity index (χ4n) is 7.23. The summed E-state index contributed by atoms with van der Waals surface area (Å²) in [4.78, 5) is 7.66. The average molecular weight is 507 g/mol. The predicted molar refractivity (Wildman–Crippen MR) is 162 cm³/mol. The van der Waals surface area contributed by atoms with Crippen molar-refractivity contribution in [1.29, 1.82) is 0 Å². The fraction of sp³-hybridized carbons (Fsp3) is 0.412. The quantitative estimate of drug-likeness (QED) is 0.417. The van der Waals surface area contributed by atoms with Crippen molar-refractivity contribution >= 4 is 28.0 Å². The van der Waals surface area contributed by atoms with E-state index in [1.54, 1.807) is 0 Å². The van der Waals surface area contributed by atoms with Crippen molar-refractivity contribution in [1.82, 2.24) is 14.0 Å². The molecule has 0 saturated heterocycles. The van der Waals surface area contributed by atoms with E-state index in [0.717, 1.165) is 17.1 Å². The van der Waals surface area contributed by atoms with Crippen LogP contribution >= 0.6 is 0 Å². The lowest BCUT2D eigenvalue weighted by molar-refractivity contribution is 0.552. The van der Waals surface area contributed by atoms with Crippen LogP contribution in [-0.2, 0) is 14.1 Å². The molecule has 0 atom stereocenters. The molecule has 38 heavy (non-hydrogen) atoms. The normalized spacial score (nSPS) is 24.9. The first-order valence-electron chi connectivity index (χ1n) is 13.6. The van der Waals surface area contributed by atoms with Crippen LogP contribution in [0, 0.1) is 34.1 Å². The molecule has 5 rings (SSSR count). The highest BCUT2D eigenvalue weighted by Crippen LogP contribution is 2.42. The maximum atomic E-state index is 5.34. The topological polar surface area (TPSA) is 25.5 Å². The zero-order valence-corrected chi connectivity index (χ0v) is 25.8. The first kappa shape index (κ1) is 26.3. The van der Waals surface area contributed by atoms with Gasteiger partial charge in [-0.3, -0.25) is 0 Å². The molecule has 0 fully saturated rings. The first-order chi connectivity index (χ1) is 17.7. The van der Waals surface area contributed by atoms with Gasteiger partial charge in [0.1, 0.15) is 0 Å². The minimum atomic E-state index is 1.10. The fourth-order valence-corrected chi connectivity index (χ4v) is 7.23. The van der Waals surface area contributed by atoms with E-state index in [1.807, 2.05) is 0 Å². The summed E-state index contributed by atoms with van der Waals surface area (Å²) in [6.45, 7) is 24.7. The highest BCUT2D eigenvalue weighted by atomic mass is 15.1. The van der Waals surface area contributed by atoms with Crippen molar-refractivity contribution in [2.45, 2.75) is 76.2 Å². The van der Waals surface area contributed by atoms with Gasteiger partial charge in [0, 0.05) is 54.6 Å². The molecule has 4 heteroatoms. The van der Waals surface area contributed by atoms with E-state index in [1.165, 1.54) is 89.0 Å². The van der Waals surface area contributed by atoms with Crippen LogP contribution in [0.1, 0.15) is 82.1 Å². The minimum Gasteiger partial charge on any atom is -0.350 e. The maximum Gasteiger partial charge on any atom is 0.0719 e. The van der Waals surface area contributed by atoms with E-state index < -0.39 is 0 Å². The molecule has 3 aliphatic heterocycles. The molecule has 0 spiro atoms. The van der Waals surface area contributed by atoms with Crippen molar-refractivity contribution < 1.29 is 0 Å². The average Bonchev–Trinajstić information content (AvgIpc) is 3.48. The molecule has 2 radical (unpaired) electrons. The van der Waals surface area contributed by atoms with Crippen LogP contribution in [0.4, 0.5) is 0 Å². The Bertz CT molecular complexity index is 1750. The molecule has 4 nitrogen and oxygen atoms in total. The Balaban J connectivity index is 2.03. The zero-order valence-electron chi connectivity index (χ0n) is 25.8. The lowest BCUT2D eigenvalue weighted by atomic mass is 9.98. The summed E-state index contributed by atoms with van der Waals surface area (Å²) < 4.78 is 4.76. The molecular formula is C34H42N4. The van der Waals surface area contributed by atoms with Gasteiger partial charge in [-0.1, -0.05) is 0 Å². The van der Waals surface area contributed by atoms with Gasteiger partial charge in [0.2, 0.25) is 0 Å². The molecule has 0 unspecified atom stereocenters. The number of hydrogen-bond acceptors (Lipinski definition) is 2. The highest BCUT2D eigenvalue weighted by molar-refractivity contribution is 6.29. The summed E-state index contributed by atoms with van der Waals surface area (Å²) >= 11 is 0. The van der Waals surface area contributed by atoms with E-state index in [-0.39, 0.29) is 0 Å². The lowest BCUT2D eigenvalue weighted by Crippen LogP contribution is -2.29. The first-order valence-corrected chi connectivity index (χ1v) is 13.6. The van der Waals surface area contributed by atoms with Crippen LogP contribution in [0.25, 0.3) is 22.3 Å². The Morgan fingerprint density at radius 1 is 0.526 bits per heavy atom. The third kappa shape index (κ3) is 3.25. The molecule has 0 amide bonds. The van der Waals surface area contributed by atoms with Gasteiger partial charge in [-0.25, -0.2) is 4.99 Å². The van der Waals surface area contributed by atoms with Gasteiger partial charge in [-0.2, -0.15) is 0 Å². The molecule has 0 N–H and O–H groups in total. The largest absolute Gasteiger partial charge is 0.350 e. The molecule has 5 heterocycles. The monoisotopic (exact) mass is 506 g/mol. The minimum absolute atomic E-state index is 1.10. The van der Waals surface area contributed by atoms with Gasteiger partial charge in [0.05, 0.1) is 17.8 Å². The summed E-state index contributed by atoms with van der Waals surface area (Å²) in [5, 5.41) is 2.54. The van der Waals surface area contributed by atoms with Gasteiger partial charge < -0.3 is 14.0 Å². The molecule has 2 aromatic rings. The molecule has 3 aliphatic rings. The van der Waals surface area contributed by atoms with Crippen LogP contribution < -0.4 is 10.7 Å². The van der Waals surface area contributed by atoms with Crippen LogP contribution in [-0.4, -0.2) is 26.8 Å². The molecule has 2 aromatic heterocycles. The van der Waals surface area contributed by atoms with Crippen LogP contribution in [0.2, 0.25) is 0 Å². The second kappa shape index (κ2) is 8.62. The maximum absolute atomic E-state index is 5.34. The molecule has 0 aromatic carbocycles. The van der Waals surface area contributed by atoms with Crippen molar-refractivity contribution in [3.05, 3.63) is 84.6 Å². The Kier molecular flexibility index (Phi) is 5.98. The molecule has 198 valence electrons. The molecule has 8 bridgehead atoms. The van der Waals surface area contributed by atoms with Crippen molar-refractivity contribution in [3.8, 4) is 0 Å². The Labute approximate surface area is 228 Å². The van der Waals surface area contributed by atoms with E-state index in [4.69, 9.17) is 4.99 Å². The molecular weight excluding hydrogens is 464 g/mol. The highest BCUT2D eigenvalue weighted by Gasteiger charge is 2.30. The summed E-state index contributed by atoms with van der Waals surface area (Å²) in [5.41, 5.74) is 21.1. The number of hydrogen-bond donors (Lipinski definition) is 0. The van der Waals surface area contributed by atoms with Gasteiger partial charge in [-0.05, 0) is 137 Å². The Morgan fingerprint density at radius 3 is 1.63 bits per heavy atom. The molecule has 0 saturated carbocycles.